The van der Waals surface area contributed by atoms with Gasteiger partial charge in [0.05, 0.1) is 0 Å². The number of imide groups is 1. The number of fused-ring (bicyclic) bond motifs is 1. The maximum Gasteiger partial charge on any atom is 0.326 e. The van der Waals surface area contributed by atoms with Crippen LogP contribution >= 0.6 is 11.6 Å². The van der Waals surface area contributed by atoms with Crippen LogP contribution in [0.25, 0.3) is 10.8 Å². The average molecular weight is 325 g/mol. The van der Waals surface area contributed by atoms with Crippen molar-refractivity contribution in [3.63, 3.8) is 0 Å². The fourth-order valence-electron chi connectivity index (χ4n) is 2.20. The van der Waals surface area contributed by atoms with Gasteiger partial charge < -0.3 is 5.32 Å². The van der Waals surface area contributed by atoms with Gasteiger partial charge in [0.25, 0.3) is 5.91 Å². The minimum absolute atomic E-state index is 0.426. The molecule has 0 saturated carbocycles. The minimum atomic E-state index is -0.592. The van der Waals surface area contributed by atoms with Gasteiger partial charge in [0.2, 0.25) is 0 Å². The molecule has 0 aromatic heterocycles. The smallest absolute Gasteiger partial charge is 0.308 e. The fraction of sp³-hybridized carbons (Fsp3) is 0. The molecule has 0 radical (unpaired) electrons. The molecule has 114 valence electrons. The molecule has 0 heterocycles. The third-order valence-corrected chi connectivity index (χ3v) is 3.59. The number of hydrogen-bond donors (Lipinski definition) is 2. The molecular formula is C18H13ClN2O2. The highest BCUT2D eigenvalue weighted by Crippen LogP contribution is 2.16. The van der Waals surface area contributed by atoms with Crippen LogP contribution in [0.5, 0.6) is 0 Å². The molecule has 3 aromatic rings. The van der Waals surface area contributed by atoms with Crippen molar-refractivity contribution in [3.8, 4) is 0 Å². The first-order valence-corrected chi connectivity index (χ1v) is 7.36. The summed E-state index contributed by atoms with van der Waals surface area (Å²) in [4.78, 5) is 24.0. The Kier molecular flexibility index (Phi) is 4.26. The number of carbonyl (C=O) groups excluding carboxylic acids is 2. The summed E-state index contributed by atoms with van der Waals surface area (Å²) in [5, 5.41) is 7.43. The molecule has 0 saturated heterocycles. The lowest BCUT2D eigenvalue weighted by molar-refractivity contribution is 0.0967. The van der Waals surface area contributed by atoms with Crippen molar-refractivity contribution in [1.29, 1.82) is 0 Å². The van der Waals surface area contributed by atoms with Crippen molar-refractivity contribution < 1.29 is 9.59 Å². The Morgan fingerprint density at radius 1 is 0.826 bits per heavy atom. The van der Waals surface area contributed by atoms with Gasteiger partial charge in [-0.3, -0.25) is 10.1 Å². The fourth-order valence-corrected chi connectivity index (χ4v) is 2.33. The number of benzene rings is 3. The van der Waals surface area contributed by atoms with Crippen molar-refractivity contribution in [2.24, 2.45) is 0 Å². The highest BCUT2D eigenvalue weighted by atomic mass is 35.5. The molecule has 2 N–H and O–H groups in total. The van der Waals surface area contributed by atoms with Gasteiger partial charge in [0, 0.05) is 16.3 Å². The van der Waals surface area contributed by atoms with E-state index in [9.17, 15) is 9.59 Å². The lowest BCUT2D eigenvalue weighted by Gasteiger charge is -2.07. The van der Waals surface area contributed by atoms with E-state index in [1.807, 2.05) is 30.3 Å². The monoisotopic (exact) mass is 324 g/mol. The number of hydrogen-bond acceptors (Lipinski definition) is 2. The second-order valence-corrected chi connectivity index (χ2v) is 5.41. The number of halogens is 1. The largest absolute Gasteiger partial charge is 0.326 e. The normalized spacial score (nSPS) is 10.3. The zero-order valence-electron chi connectivity index (χ0n) is 12.0. The van der Waals surface area contributed by atoms with Crippen molar-refractivity contribution in [1.82, 2.24) is 5.32 Å². The van der Waals surface area contributed by atoms with E-state index in [0.29, 0.717) is 16.3 Å². The van der Waals surface area contributed by atoms with Crippen LogP contribution in [-0.4, -0.2) is 11.9 Å². The van der Waals surface area contributed by atoms with Gasteiger partial charge in [-0.2, -0.15) is 0 Å². The molecule has 3 rings (SSSR count). The van der Waals surface area contributed by atoms with E-state index in [1.54, 1.807) is 36.4 Å². The second kappa shape index (κ2) is 6.50. The molecule has 4 nitrogen and oxygen atoms in total. The van der Waals surface area contributed by atoms with Crippen molar-refractivity contribution in [3.05, 3.63) is 77.3 Å². The molecule has 3 amide bonds. The lowest BCUT2D eigenvalue weighted by Crippen LogP contribution is -2.34. The number of amides is 3. The third-order valence-electron chi connectivity index (χ3n) is 3.34. The molecule has 0 bridgehead atoms. The molecule has 23 heavy (non-hydrogen) atoms. The van der Waals surface area contributed by atoms with Crippen LogP contribution in [-0.2, 0) is 0 Å². The molecule has 0 unspecified atom stereocenters. The summed E-state index contributed by atoms with van der Waals surface area (Å²) in [5.41, 5.74) is 0.980. The van der Waals surface area contributed by atoms with Gasteiger partial charge >= 0.3 is 6.03 Å². The molecule has 0 fully saturated rings. The van der Waals surface area contributed by atoms with Gasteiger partial charge in [-0.15, -0.1) is 0 Å². The Labute approximate surface area is 138 Å². The molecule has 3 aromatic carbocycles. The molecule has 0 aliphatic rings. The zero-order valence-corrected chi connectivity index (χ0v) is 12.8. The Balaban J connectivity index is 1.69. The van der Waals surface area contributed by atoms with Crippen LogP contribution in [0.2, 0.25) is 5.02 Å². The summed E-state index contributed by atoms with van der Waals surface area (Å²) in [6, 6.07) is 19.0. The highest BCUT2D eigenvalue weighted by molar-refractivity contribution is 6.30. The SMILES string of the molecule is O=C(NC(=O)c1ccc2ccccc2c1)Nc1ccc(Cl)cc1. The first kappa shape index (κ1) is 15.1. The van der Waals surface area contributed by atoms with E-state index in [-0.39, 0.29) is 0 Å². The summed E-state index contributed by atoms with van der Waals surface area (Å²) in [6.07, 6.45) is 0. The Morgan fingerprint density at radius 2 is 1.52 bits per heavy atom. The van der Waals surface area contributed by atoms with Crippen LogP contribution in [0.4, 0.5) is 10.5 Å². The zero-order chi connectivity index (χ0) is 16.2. The van der Waals surface area contributed by atoms with Gasteiger partial charge in [0.15, 0.2) is 0 Å². The molecule has 0 atom stereocenters. The predicted molar refractivity (Wildman–Crippen MR) is 91.9 cm³/mol. The van der Waals surface area contributed by atoms with Gasteiger partial charge in [0.1, 0.15) is 0 Å². The minimum Gasteiger partial charge on any atom is -0.308 e. The lowest BCUT2D eigenvalue weighted by atomic mass is 10.1. The van der Waals surface area contributed by atoms with Crippen LogP contribution in [0, 0.1) is 0 Å². The number of anilines is 1. The molecule has 0 aliphatic carbocycles. The summed E-state index contributed by atoms with van der Waals surface area (Å²) < 4.78 is 0. The summed E-state index contributed by atoms with van der Waals surface area (Å²) >= 11 is 5.78. The number of nitrogens with one attached hydrogen (secondary N) is 2. The van der Waals surface area contributed by atoms with Crippen molar-refractivity contribution >= 4 is 40.0 Å². The standard InChI is InChI=1S/C18H13ClN2O2/c19-15-7-9-16(10-8-15)20-18(23)21-17(22)14-6-5-12-3-1-2-4-13(12)11-14/h1-11H,(H2,20,21,22,23). The third kappa shape index (κ3) is 3.67. The predicted octanol–water partition coefficient (Wildman–Crippen LogP) is 4.46. The van der Waals surface area contributed by atoms with Crippen LogP contribution in [0.1, 0.15) is 10.4 Å². The Hall–Kier alpha value is -2.85. The van der Waals surface area contributed by atoms with Crippen molar-refractivity contribution in [2.45, 2.75) is 0 Å². The molecule has 0 aliphatic heterocycles. The molecule has 0 spiro atoms. The number of carbonyl (C=O) groups is 2. The second-order valence-electron chi connectivity index (χ2n) is 4.98. The quantitative estimate of drug-likeness (QED) is 0.731. The van der Waals surface area contributed by atoms with E-state index in [4.69, 9.17) is 11.6 Å². The molecule has 5 heteroatoms. The first-order chi connectivity index (χ1) is 11.1. The first-order valence-electron chi connectivity index (χ1n) is 6.98. The average Bonchev–Trinajstić information content (AvgIpc) is 2.56. The number of rotatable bonds is 2. The molecular weight excluding hydrogens is 312 g/mol. The van der Waals surface area contributed by atoms with Gasteiger partial charge in [-0.1, -0.05) is 41.9 Å². The van der Waals surface area contributed by atoms with Gasteiger partial charge in [-0.05, 0) is 47.2 Å². The van der Waals surface area contributed by atoms with E-state index >= 15 is 0 Å². The maximum absolute atomic E-state index is 12.2. The van der Waals surface area contributed by atoms with Gasteiger partial charge in [-0.25, -0.2) is 4.79 Å². The van der Waals surface area contributed by atoms with Crippen LogP contribution in [0.3, 0.4) is 0 Å². The van der Waals surface area contributed by atoms with E-state index < -0.39 is 11.9 Å². The van der Waals surface area contributed by atoms with E-state index in [1.165, 1.54) is 0 Å². The topological polar surface area (TPSA) is 58.2 Å². The summed E-state index contributed by atoms with van der Waals surface area (Å²) in [6.45, 7) is 0. The van der Waals surface area contributed by atoms with Crippen molar-refractivity contribution in [2.75, 3.05) is 5.32 Å². The Bertz CT molecular complexity index is 876. The summed E-state index contributed by atoms with van der Waals surface area (Å²) in [5.74, 6) is -0.456. The highest BCUT2D eigenvalue weighted by Gasteiger charge is 2.10. The maximum atomic E-state index is 12.2. The van der Waals surface area contributed by atoms with E-state index in [0.717, 1.165) is 10.8 Å². The summed E-state index contributed by atoms with van der Waals surface area (Å²) in [7, 11) is 0. The Morgan fingerprint density at radius 3 is 2.26 bits per heavy atom. The van der Waals surface area contributed by atoms with Crippen LogP contribution in [0.15, 0.2) is 66.7 Å². The van der Waals surface area contributed by atoms with E-state index in [2.05, 4.69) is 10.6 Å². The van der Waals surface area contributed by atoms with Crippen LogP contribution < -0.4 is 10.6 Å². The number of urea groups is 1.